The number of ketones is 1. The van der Waals surface area contributed by atoms with Crippen LogP contribution in [0.2, 0.25) is 5.02 Å². The number of aliphatic hydroxyl groups excluding tert-OH is 1. The normalized spacial score (nSPS) is 18.8. The lowest BCUT2D eigenvalue weighted by molar-refractivity contribution is -0.132. The summed E-state index contributed by atoms with van der Waals surface area (Å²) in [7, 11) is 0. The van der Waals surface area contributed by atoms with Crippen molar-refractivity contribution in [2.45, 2.75) is 19.9 Å². The van der Waals surface area contributed by atoms with Crippen LogP contribution in [0.4, 0.5) is 5.13 Å². The molecule has 0 radical (unpaired) electrons. The highest BCUT2D eigenvalue weighted by Crippen LogP contribution is 2.43. The third-order valence-corrected chi connectivity index (χ3v) is 5.92. The van der Waals surface area contributed by atoms with Crippen molar-refractivity contribution in [2.24, 2.45) is 0 Å². The maximum atomic E-state index is 12.9. The van der Waals surface area contributed by atoms with Crippen LogP contribution in [0.5, 0.6) is 0 Å². The number of Topliss-reactive ketones (excluding diaryl/α,β-unsaturated/α-hetero) is 1. The lowest BCUT2D eigenvalue weighted by atomic mass is 9.99. The first-order chi connectivity index (χ1) is 13.4. The highest BCUT2D eigenvalue weighted by atomic mass is 35.5. The first-order valence-corrected chi connectivity index (χ1v) is 9.62. The molecule has 1 aliphatic rings. The second-order valence-electron chi connectivity index (χ2n) is 6.33. The van der Waals surface area contributed by atoms with Gasteiger partial charge < -0.3 is 9.52 Å². The standard InChI is InChI=1S/C20H15ClN2O4S/c1-10-11(2)28-20(22-10)23-16(14-4-3-9-27-14)15(18(25)19(23)26)17(24)12-5-7-13(21)8-6-12/h3-9,16,24H,1-2H3/b17-15+/t16-/m1/s1. The number of hydrogen-bond acceptors (Lipinski definition) is 6. The number of aliphatic hydroxyl groups is 1. The minimum atomic E-state index is -0.907. The molecule has 1 saturated heterocycles. The molecule has 28 heavy (non-hydrogen) atoms. The number of thiazole rings is 1. The van der Waals surface area contributed by atoms with Crippen molar-refractivity contribution in [1.82, 2.24) is 4.98 Å². The molecule has 1 aromatic carbocycles. The Morgan fingerprint density at radius 3 is 2.50 bits per heavy atom. The summed E-state index contributed by atoms with van der Waals surface area (Å²) in [6.07, 6.45) is 1.45. The molecule has 3 heterocycles. The largest absolute Gasteiger partial charge is 0.507 e. The predicted molar refractivity (Wildman–Crippen MR) is 107 cm³/mol. The molecular formula is C20H15ClN2O4S. The number of furan rings is 1. The van der Waals surface area contributed by atoms with E-state index >= 15 is 0 Å². The van der Waals surface area contributed by atoms with Crippen molar-refractivity contribution >= 4 is 45.5 Å². The zero-order chi connectivity index (χ0) is 20.0. The minimum Gasteiger partial charge on any atom is -0.507 e. The molecule has 0 saturated carbocycles. The highest BCUT2D eigenvalue weighted by Gasteiger charge is 2.49. The molecule has 4 rings (SSSR count). The van der Waals surface area contributed by atoms with Gasteiger partial charge in [-0.25, -0.2) is 4.98 Å². The molecule has 0 spiro atoms. The third kappa shape index (κ3) is 2.93. The summed E-state index contributed by atoms with van der Waals surface area (Å²) in [4.78, 5) is 32.4. The minimum absolute atomic E-state index is 0.0484. The number of carbonyl (C=O) groups excluding carboxylic acids is 2. The van der Waals surface area contributed by atoms with Crippen molar-refractivity contribution in [3.05, 3.63) is 75.2 Å². The van der Waals surface area contributed by atoms with Crippen LogP contribution in [0.3, 0.4) is 0 Å². The average molecular weight is 415 g/mol. The van der Waals surface area contributed by atoms with Gasteiger partial charge >= 0.3 is 5.91 Å². The van der Waals surface area contributed by atoms with Crippen LogP contribution in [0.25, 0.3) is 5.76 Å². The van der Waals surface area contributed by atoms with Gasteiger partial charge in [0, 0.05) is 15.5 Å². The summed E-state index contributed by atoms with van der Waals surface area (Å²) in [5, 5.41) is 11.7. The molecular weight excluding hydrogens is 400 g/mol. The molecule has 0 bridgehead atoms. The smallest absolute Gasteiger partial charge is 0.302 e. The fourth-order valence-electron chi connectivity index (χ4n) is 3.07. The summed E-state index contributed by atoms with van der Waals surface area (Å²) in [6, 6.07) is 8.78. The molecule has 1 amide bonds. The van der Waals surface area contributed by atoms with Gasteiger partial charge in [0.05, 0.1) is 17.5 Å². The number of aryl methyl sites for hydroxylation is 2. The van der Waals surface area contributed by atoms with Crippen LogP contribution in [0, 0.1) is 13.8 Å². The molecule has 142 valence electrons. The maximum absolute atomic E-state index is 12.9. The van der Waals surface area contributed by atoms with Gasteiger partial charge in [0.25, 0.3) is 5.78 Å². The quantitative estimate of drug-likeness (QED) is 0.383. The van der Waals surface area contributed by atoms with Gasteiger partial charge in [0.1, 0.15) is 17.6 Å². The lowest BCUT2D eigenvalue weighted by Gasteiger charge is -2.20. The zero-order valence-corrected chi connectivity index (χ0v) is 16.5. The number of rotatable bonds is 3. The Morgan fingerprint density at radius 2 is 1.93 bits per heavy atom. The Balaban J connectivity index is 1.92. The Bertz CT molecular complexity index is 1080. The third-order valence-electron chi connectivity index (χ3n) is 4.60. The molecule has 6 nitrogen and oxygen atoms in total. The maximum Gasteiger partial charge on any atom is 0.302 e. The second-order valence-corrected chi connectivity index (χ2v) is 7.95. The number of halogens is 1. The summed E-state index contributed by atoms with van der Waals surface area (Å²) >= 11 is 7.22. The Kier molecular flexibility index (Phi) is 4.56. The van der Waals surface area contributed by atoms with Gasteiger partial charge in [-0.15, -0.1) is 11.3 Å². The van der Waals surface area contributed by atoms with E-state index in [1.165, 1.54) is 22.5 Å². The first-order valence-electron chi connectivity index (χ1n) is 8.43. The van der Waals surface area contributed by atoms with E-state index in [0.29, 0.717) is 21.5 Å². The molecule has 0 aliphatic carbocycles. The van der Waals surface area contributed by atoms with Crippen molar-refractivity contribution < 1.29 is 19.1 Å². The van der Waals surface area contributed by atoms with Crippen LogP contribution < -0.4 is 4.90 Å². The van der Waals surface area contributed by atoms with E-state index in [1.54, 1.807) is 36.4 Å². The summed E-state index contributed by atoms with van der Waals surface area (Å²) in [5.41, 5.74) is 1.11. The van der Waals surface area contributed by atoms with Crippen LogP contribution in [-0.4, -0.2) is 21.8 Å². The SMILES string of the molecule is Cc1nc(N2C(=O)C(=O)/C(=C(/O)c3ccc(Cl)cc3)[C@H]2c2ccco2)sc1C. The number of hydrogen-bond donors (Lipinski definition) is 1. The summed E-state index contributed by atoms with van der Waals surface area (Å²) in [6.45, 7) is 3.73. The van der Waals surface area contributed by atoms with E-state index in [4.69, 9.17) is 16.0 Å². The zero-order valence-electron chi connectivity index (χ0n) is 15.0. The van der Waals surface area contributed by atoms with Crippen molar-refractivity contribution in [3.8, 4) is 0 Å². The Hall–Kier alpha value is -2.90. The fraction of sp³-hybridized carbons (Fsp3) is 0.150. The number of aromatic nitrogens is 1. The molecule has 0 unspecified atom stereocenters. The van der Waals surface area contributed by atoms with Gasteiger partial charge in [-0.1, -0.05) is 11.6 Å². The molecule has 1 fully saturated rings. The van der Waals surface area contributed by atoms with Crippen molar-refractivity contribution in [2.75, 3.05) is 4.90 Å². The van der Waals surface area contributed by atoms with Crippen LogP contribution >= 0.6 is 22.9 Å². The van der Waals surface area contributed by atoms with E-state index in [1.807, 2.05) is 13.8 Å². The number of amides is 1. The monoisotopic (exact) mass is 414 g/mol. The summed E-state index contributed by atoms with van der Waals surface area (Å²) in [5.74, 6) is -1.48. The van der Waals surface area contributed by atoms with Crippen molar-refractivity contribution in [1.29, 1.82) is 0 Å². The molecule has 2 aromatic heterocycles. The number of anilines is 1. The Morgan fingerprint density at radius 1 is 1.21 bits per heavy atom. The topological polar surface area (TPSA) is 83.6 Å². The van der Waals surface area contributed by atoms with E-state index in [0.717, 1.165) is 10.6 Å². The molecule has 1 aliphatic heterocycles. The van der Waals surface area contributed by atoms with Crippen LogP contribution in [0.15, 0.2) is 52.7 Å². The predicted octanol–water partition coefficient (Wildman–Crippen LogP) is 4.63. The Labute approximate surface area is 169 Å². The highest BCUT2D eigenvalue weighted by molar-refractivity contribution is 7.16. The molecule has 1 N–H and O–H groups in total. The number of benzene rings is 1. The van der Waals surface area contributed by atoms with E-state index in [9.17, 15) is 14.7 Å². The van der Waals surface area contributed by atoms with Crippen LogP contribution in [-0.2, 0) is 9.59 Å². The number of nitrogens with zero attached hydrogens (tertiary/aromatic N) is 2. The second kappa shape index (κ2) is 6.92. The first kappa shape index (κ1) is 18.5. The molecule has 8 heteroatoms. The average Bonchev–Trinajstić information content (AvgIpc) is 3.36. The van der Waals surface area contributed by atoms with Gasteiger partial charge in [0.15, 0.2) is 5.13 Å². The van der Waals surface area contributed by atoms with E-state index in [-0.39, 0.29) is 11.3 Å². The summed E-state index contributed by atoms with van der Waals surface area (Å²) < 4.78 is 5.50. The number of carbonyl (C=O) groups is 2. The molecule has 3 aromatic rings. The van der Waals surface area contributed by atoms with E-state index < -0.39 is 17.7 Å². The van der Waals surface area contributed by atoms with Gasteiger partial charge in [-0.05, 0) is 50.2 Å². The fourth-order valence-corrected chi connectivity index (χ4v) is 4.13. The van der Waals surface area contributed by atoms with Gasteiger partial charge in [0.2, 0.25) is 0 Å². The van der Waals surface area contributed by atoms with Crippen LogP contribution in [0.1, 0.15) is 27.9 Å². The molecule has 1 atom stereocenters. The lowest BCUT2D eigenvalue weighted by Crippen LogP contribution is -2.29. The van der Waals surface area contributed by atoms with E-state index in [2.05, 4.69) is 4.98 Å². The van der Waals surface area contributed by atoms with Crippen molar-refractivity contribution in [3.63, 3.8) is 0 Å². The van der Waals surface area contributed by atoms with Gasteiger partial charge in [-0.3, -0.25) is 14.5 Å². The van der Waals surface area contributed by atoms with Gasteiger partial charge in [-0.2, -0.15) is 0 Å².